The lowest BCUT2D eigenvalue weighted by molar-refractivity contribution is 0.240. The fourth-order valence-electron chi connectivity index (χ4n) is 3.50. The molecule has 1 saturated carbocycles. The van der Waals surface area contributed by atoms with Crippen molar-refractivity contribution in [1.29, 1.82) is 0 Å². The zero-order valence-electron chi connectivity index (χ0n) is 12.3. The van der Waals surface area contributed by atoms with Crippen LogP contribution in [-0.4, -0.2) is 4.98 Å². The molecule has 106 valence electrons. The molecule has 0 amide bonds. The molecule has 1 atom stereocenters. The Labute approximate surface area is 121 Å². The van der Waals surface area contributed by atoms with Gasteiger partial charge in [0.1, 0.15) is 0 Å². The number of para-hydroxylation sites is 1. The van der Waals surface area contributed by atoms with Gasteiger partial charge < -0.3 is 5.73 Å². The summed E-state index contributed by atoms with van der Waals surface area (Å²) in [6, 6.07) is 10.6. The van der Waals surface area contributed by atoms with Crippen molar-refractivity contribution in [1.82, 2.24) is 4.98 Å². The van der Waals surface area contributed by atoms with Crippen LogP contribution >= 0.6 is 0 Å². The van der Waals surface area contributed by atoms with Crippen molar-refractivity contribution in [2.24, 2.45) is 17.6 Å². The van der Waals surface area contributed by atoms with E-state index in [0.29, 0.717) is 5.92 Å². The first-order valence-corrected chi connectivity index (χ1v) is 7.88. The van der Waals surface area contributed by atoms with E-state index >= 15 is 0 Å². The molecule has 3 rings (SSSR count). The number of aromatic nitrogens is 1. The van der Waals surface area contributed by atoms with Gasteiger partial charge in [0.05, 0.1) is 5.52 Å². The third-order valence-electron chi connectivity index (χ3n) is 4.97. The van der Waals surface area contributed by atoms with Crippen molar-refractivity contribution in [2.45, 2.75) is 45.1 Å². The highest BCUT2D eigenvalue weighted by Gasteiger charge is 2.25. The summed E-state index contributed by atoms with van der Waals surface area (Å²) >= 11 is 0. The normalized spacial score (nSPS) is 24.7. The summed E-state index contributed by atoms with van der Waals surface area (Å²) in [4.78, 5) is 4.55. The number of fused-ring (bicyclic) bond motifs is 1. The van der Waals surface area contributed by atoms with E-state index in [4.69, 9.17) is 5.73 Å². The zero-order valence-corrected chi connectivity index (χ0v) is 12.3. The summed E-state index contributed by atoms with van der Waals surface area (Å²) in [5, 5.41) is 1.20. The molecule has 1 unspecified atom stereocenters. The molecular formula is C18H24N2. The van der Waals surface area contributed by atoms with Gasteiger partial charge >= 0.3 is 0 Å². The molecule has 0 bridgehead atoms. The molecule has 2 heteroatoms. The molecular weight excluding hydrogens is 244 g/mol. The van der Waals surface area contributed by atoms with Gasteiger partial charge in [0.25, 0.3) is 0 Å². The smallest absolute Gasteiger partial charge is 0.0702 e. The predicted octanol–water partition coefficient (Wildman–Crippen LogP) is 4.45. The number of benzene rings is 1. The molecule has 1 aliphatic carbocycles. The Morgan fingerprint density at radius 1 is 1.20 bits per heavy atom. The first-order chi connectivity index (χ1) is 9.78. The van der Waals surface area contributed by atoms with Crippen LogP contribution in [0.5, 0.6) is 0 Å². The van der Waals surface area contributed by atoms with Crippen LogP contribution in [0.4, 0.5) is 0 Å². The molecule has 0 spiro atoms. The van der Waals surface area contributed by atoms with E-state index in [1.54, 1.807) is 0 Å². The van der Waals surface area contributed by atoms with Crippen molar-refractivity contribution in [3.05, 3.63) is 42.1 Å². The minimum absolute atomic E-state index is 0.143. The molecule has 0 aliphatic heterocycles. The molecule has 20 heavy (non-hydrogen) atoms. The lowest BCUT2D eigenvalue weighted by atomic mass is 9.76. The molecule has 1 aliphatic rings. The first-order valence-electron chi connectivity index (χ1n) is 7.88. The first kappa shape index (κ1) is 13.6. The van der Waals surface area contributed by atoms with E-state index in [1.165, 1.54) is 43.1 Å². The molecule has 2 aromatic rings. The maximum atomic E-state index is 6.51. The quantitative estimate of drug-likeness (QED) is 0.893. The number of nitrogens with zero attached hydrogens (tertiary/aromatic N) is 1. The van der Waals surface area contributed by atoms with Crippen molar-refractivity contribution < 1.29 is 0 Å². The Balaban J connectivity index is 1.77. The fraction of sp³-hybridized carbons (Fsp3) is 0.500. The number of hydrogen-bond donors (Lipinski definition) is 1. The minimum atomic E-state index is 0.143. The van der Waals surface area contributed by atoms with Crippen LogP contribution in [0.1, 0.15) is 50.6 Å². The van der Waals surface area contributed by atoms with Gasteiger partial charge in [0.15, 0.2) is 0 Å². The van der Waals surface area contributed by atoms with E-state index < -0.39 is 0 Å². The van der Waals surface area contributed by atoms with Crippen LogP contribution < -0.4 is 5.73 Å². The van der Waals surface area contributed by atoms with Crippen molar-refractivity contribution >= 4 is 10.9 Å². The molecule has 1 aromatic carbocycles. The fourth-order valence-corrected chi connectivity index (χ4v) is 3.50. The Morgan fingerprint density at radius 3 is 2.70 bits per heavy atom. The maximum Gasteiger partial charge on any atom is 0.0702 e. The van der Waals surface area contributed by atoms with E-state index in [-0.39, 0.29) is 6.04 Å². The van der Waals surface area contributed by atoms with Gasteiger partial charge in [0, 0.05) is 17.6 Å². The predicted molar refractivity (Wildman–Crippen MR) is 84.4 cm³/mol. The highest BCUT2D eigenvalue weighted by atomic mass is 14.7. The Hall–Kier alpha value is -1.41. The number of hydrogen-bond acceptors (Lipinski definition) is 2. The second-order valence-corrected chi connectivity index (χ2v) is 6.18. The van der Waals surface area contributed by atoms with Gasteiger partial charge in [-0.05, 0) is 42.4 Å². The summed E-state index contributed by atoms with van der Waals surface area (Å²) < 4.78 is 0. The third kappa shape index (κ3) is 2.71. The Bertz CT molecular complexity index is 570. The molecule has 0 radical (unpaired) electrons. The summed E-state index contributed by atoms with van der Waals surface area (Å²) in [6.07, 6.45) is 8.52. The van der Waals surface area contributed by atoms with Crippen LogP contribution in [0.3, 0.4) is 0 Å². The van der Waals surface area contributed by atoms with Crippen LogP contribution in [0.25, 0.3) is 10.9 Å². The van der Waals surface area contributed by atoms with Gasteiger partial charge in [0.2, 0.25) is 0 Å². The highest BCUT2D eigenvalue weighted by Crippen LogP contribution is 2.37. The monoisotopic (exact) mass is 268 g/mol. The van der Waals surface area contributed by atoms with Gasteiger partial charge in [-0.2, -0.15) is 0 Å². The third-order valence-corrected chi connectivity index (χ3v) is 4.97. The molecule has 1 aromatic heterocycles. The molecule has 2 nitrogen and oxygen atoms in total. The minimum Gasteiger partial charge on any atom is -0.324 e. The van der Waals surface area contributed by atoms with Crippen LogP contribution in [-0.2, 0) is 0 Å². The van der Waals surface area contributed by atoms with Gasteiger partial charge in [-0.1, -0.05) is 44.4 Å². The van der Waals surface area contributed by atoms with E-state index in [9.17, 15) is 0 Å². The molecule has 1 heterocycles. The summed E-state index contributed by atoms with van der Waals surface area (Å²) in [5.41, 5.74) is 8.76. The van der Waals surface area contributed by atoms with Gasteiger partial charge in [-0.15, -0.1) is 0 Å². The van der Waals surface area contributed by atoms with Crippen molar-refractivity contribution in [3.8, 4) is 0 Å². The second kappa shape index (κ2) is 5.92. The topological polar surface area (TPSA) is 38.9 Å². The molecule has 1 fully saturated rings. The average molecular weight is 268 g/mol. The molecule has 0 saturated heterocycles. The van der Waals surface area contributed by atoms with Gasteiger partial charge in [-0.3, -0.25) is 4.98 Å². The number of pyridine rings is 1. The standard InChI is InChI=1S/C18H24N2/c1-2-13-7-9-14(10-8-13)18(19)16-11-15-5-3-4-6-17(15)20-12-16/h3-6,11-14,18H,2,7-10,19H2,1H3. The zero-order chi connectivity index (χ0) is 13.9. The highest BCUT2D eigenvalue weighted by molar-refractivity contribution is 5.78. The van der Waals surface area contributed by atoms with Crippen molar-refractivity contribution in [2.75, 3.05) is 0 Å². The lowest BCUT2D eigenvalue weighted by Crippen LogP contribution is -2.26. The number of rotatable bonds is 3. The lowest BCUT2D eigenvalue weighted by Gasteiger charge is -2.31. The second-order valence-electron chi connectivity index (χ2n) is 6.18. The molecule has 2 N–H and O–H groups in total. The van der Waals surface area contributed by atoms with E-state index in [0.717, 1.165) is 11.4 Å². The van der Waals surface area contributed by atoms with Crippen LogP contribution in [0, 0.1) is 11.8 Å². The summed E-state index contributed by atoms with van der Waals surface area (Å²) in [6.45, 7) is 2.30. The maximum absolute atomic E-state index is 6.51. The Morgan fingerprint density at radius 2 is 1.95 bits per heavy atom. The van der Waals surface area contributed by atoms with Gasteiger partial charge in [-0.25, -0.2) is 0 Å². The van der Waals surface area contributed by atoms with E-state index in [1.807, 2.05) is 12.3 Å². The number of nitrogens with two attached hydrogens (primary N) is 1. The average Bonchev–Trinajstić information content (AvgIpc) is 2.54. The summed E-state index contributed by atoms with van der Waals surface area (Å²) in [5.74, 6) is 1.55. The summed E-state index contributed by atoms with van der Waals surface area (Å²) in [7, 11) is 0. The van der Waals surface area contributed by atoms with E-state index in [2.05, 4.69) is 36.2 Å². The SMILES string of the molecule is CCC1CCC(C(N)c2cnc3ccccc3c2)CC1. The van der Waals surface area contributed by atoms with Crippen LogP contribution in [0.15, 0.2) is 36.5 Å². The Kier molecular flexibility index (Phi) is 4.02. The van der Waals surface area contributed by atoms with Crippen LogP contribution in [0.2, 0.25) is 0 Å². The van der Waals surface area contributed by atoms with Crippen molar-refractivity contribution in [3.63, 3.8) is 0 Å². The largest absolute Gasteiger partial charge is 0.324 e.